The summed E-state index contributed by atoms with van der Waals surface area (Å²) in [6.07, 6.45) is 2.34. The Labute approximate surface area is 96.9 Å². The Morgan fingerprint density at radius 2 is 2.27 bits per heavy atom. The zero-order valence-corrected chi connectivity index (χ0v) is 10.4. The van der Waals surface area contributed by atoms with E-state index in [-0.39, 0.29) is 17.4 Å². The number of sulfone groups is 1. The van der Waals surface area contributed by atoms with E-state index in [4.69, 9.17) is 5.73 Å². The minimum atomic E-state index is -2.84. The third kappa shape index (κ3) is 2.31. The molecule has 2 rings (SSSR count). The molecule has 82 valence electrons. The predicted molar refractivity (Wildman–Crippen MR) is 62.4 cm³/mol. The van der Waals surface area contributed by atoms with Crippen LogP contribution in [0.1, 0.15) is 17.9 Å². The van der Waals surface area contributed by atoms with Gasteiger partial charge in [0, 0.05) is 12.1 Å². The van der Waals surface area contributed by atoms with Gasteiger partial charge >= 0.3 is 0 Å². The van der Waals surface area contributed by atoms with Crippen LogP contribution in [0.25, 0.3) is 0 Å². The molecule has 0 unspecified atom stereocenters. The minimum Gasteiger partial charge on any atom is -0.383 e. The van der Waals surface area contributed by atoms with Crippen LogP contribution in [0.15, 0.2) is 16.7 Å². The van der Waals surface area contributed by atoms with Gasteiger partial charge in [-0.25, -0.2) is 13.4 Å². The second-order valence-corrected chi connectivity index (χ2v) is 6.82. The molecule has 0 radical (unpaired) electrons. The number of hydrogen-bond donors (Lipinski definition) is 1. The van der Waals surface area contributed by atoms with Gasteiger partial charge in [0.05, 0.1) is 16.0 Å². The van der Waals surface area contributed by atoms with Crippen molar-refractivity contribution in [2.24, 2.45) is 0 Å². The first-order valence-electron chi connectivity index (χ1n) is 4.59. The zero-order chi connectivity index (χ0) is 11.1. The number of nitrogen functional groups attached to an aromatic ring is 1. The van der Waals surface area contributed by atoms with E-state index in [2.05, 4.69) is 20.9 Å². The van der Waals surface area contributed by atoms with Crippen molar-refractivity contribution in [3.8, 4) is 0 Å². The molecule has 2 N–H and O–H groups in total. The summed E-state index contributed by atoms with van der Waals surface area (Å²) >= 11 is 3.28. The first kappa shape index (κ1) is 10.9. The van der Waals surface area contributed by atoms with Crippen LogP contribution in [0.2, 0.25) is 0 Å². The van der Waals surface area contributed by atoms with Crippen molar-refractivity contribution < 1.29 is 8.42 Å². The zero-order valence-electron chi connectivity index (χ0n) is 7.98. The van der Waals surface area contributed by atoms with Gasteiger partial charge in [-0.2, -0.15) is 0 Å². The van der Waals surface area contributed by atoms with Gasteiger partial charge in [-0.05, 0) is 34.0 Å². The van der Waals surface area contributed by atoms with Crippen LogP contribution in [0.4, 0.5) is 5.82 Å². The van der Waals surface area contributed by atoms with E-state index in [0.717, 1.165) is 10.0 Å². The molecule has 1 fully saturated rings. The highest BCUT2D eigenvalue weighted by atomic mass is 79.9. The van der Waals surface area contributed by atoms with Crippen molar-refractivity contribution in [3.63, 3.8) is 0 Å². The number of pyridine rings is 1. The number of halogens is 1. The molecule has 4 nitrogen and oxygen atoms in total. The lowest BCUT2D eigenvalue weighted by molar-refractivity contribution is 0.601. The van der Waals surface area contributed by atoms with Gasteiger partial charge in [-0.1, -0.05) is 0 Å². The molecule has 15 heavy (non-hydrogen) atoms. The molecule has 1 aromatic rings. The standard InChI is InChI=1S/C9H11BrN2O2S/c10-8-3-7(4-12-9(8)11)6-1-2-15(13,14)5-6/h3-4,6H,1-2,5H2,(H2,11,12)/t6-/m0/s1. The molecule has 1 saturated heterocycles. The number of aromatic nitrogens is 1. The monoisotopic (exact) mass is 290 g/mol. The Hall–Kier alpha value is -0.620. The summed E-state index contributed by atoms with van der Waals surface area (Å²) in [6.45, 7) is 0. The largest absolute Gasteiger partial charge is 0.383 e. The van der Waals surface area contributed by atoms with Crippen LogP contribution in [0.3, 0.4) is 0 Å². The maximum absolute atomic E-state index is 11.3. The Morgan fingerprint density at radius 1 is 1.53 bits per heavy atom. The molecule has 0 spiro atoms. The van der Waals surface area contributed by atoms with Gasteiger partial charge in [0.25, 0.3) is 0 Å². The Bertz CT molecular complexity index is 487. The lowest BCUT2D eigenvalue weighted by Crippen LogP contribution is -2.04. The van der Waals surface area contributed by atoms with Crippen LogP contribution in [0.5, 0.6) is 0 Å². The van der Waals surface area contributed by atoms with E-state index in [1.807, 2.05) is 6.07 Å². The molecule has 1 aliphatic rings. The van der Waals surface area contributed by atoms with Gasteiger partial charge in [-0.15, -0.1) is 0 Å². The molecule has 6 heteroatoms. The quantitative estimate of drug-likeness (QED) is 0.847. The highest BCUT2D eigenvalue weighted by Crippen LogP contribution is 2.30. The van der Waals surface area contributed by atoms with Gasteiger partial charge in [0.1, 0.15) is 5.82 Å². The molecular formula is C9H11BrN2O2S. The van der Waals surface area contributed by atoms with Gasteiger partial charge in [0.15, 0.2) is 9.84 Å². The summed E-state index contributed by atoms with van der Waals surface area (Å²) < 4.78 is 23.3. The first-order chi connectivity index (χ1) is 6.98. The van der Waals surface area contributed by atoms with Crippen LogP contribution < -0.4 is 5.73 Å². The molecule has 2 heterocycles. The molecule has 0 saturated carbocycles. The Morgan fingerprint density at radius 3 is 2.80 bits per heavy atom. The van der Waals surface area contributed by atoms with Gasteiger partial charge in [-0.3, -0.25) is 0 Å². The number of anilines is 1. The van der Waals surface area contributed by atoms with Crippen molar-refractivity contribution in [3.05, 3.63) is 22.3 Å². The van der Waals surface area contributed by atoms with Crippen LogP contribution >= 0.6 is 15.9 Å². The highest BCUT2D eigenvalue weighted by molar-refractivity contribution is 9.10. The highest BCUT2D eigenvalue weighted by Gasteiger charge is 2.29. The fourth-order valence-electron chi connectivity index (χ4n) is 1.74. The Kier molecular flexibility index (Phi) is 2.72. The van der Waals surface area contributed by atoms with Crippen LogP contribution in [-0.2, 0) is 9.84 Å². The summed E-state index contributed by atoms with van der Waals surface area (Å²) in [5, 5.41) is 0. The SMILES string of the molecule is Nc1ncc([C@H]2CCS(=O)(=O)C2)cc1Br. The van der Waals surface area contributed by atoms with Gasteiger partial charge in [0.2, 0.25) is 0 Å². The summed E-state index contributed by atoms with van der Waals surface area (Å²) in [7, 11) is -2.84. The molecule has 0 bridgehead atoms. The number of nitrogens with zero attached hydrogens (tertiary/aromatic N) is 1. The van der Waals surface area contributed by atoms with E-state index >= 15 is 0 Å². The lowest BCUT2D eigenvalue weighted by Gasteiger charge is -2.08. The van der Waals surface area contributed by atoms with Crippen LogP contribution in [0, 0.1) is 0 Å². The third-order valence-electron chi connectivity index (χ3n) is 2.59. The molecule has 0 amide bonds. The summed E-state index contributed by atoms with van der Waals surface area (Å²) in [5.41, 5.74) is 6.51. The molecule has 1 aromatic heterocycles. The normalized spacial score (nSPS) is 24.2. The second kappa shape index (κ2) is 3.75. The van der Waals surface area contributed by atoms with Crippen molar-refractivity contribution >= 4 is 31.6 Å². The van der Waals surface area contributed by atoms with E-state index < -0.39 is 9.84 Å². The summed E-state index contributed by atoms with van der Waals surface area (Å²) in [6, 6.07) is 1.86. The molecule has 0 aromatic carbocycles. The van der Waals surface area contributed by atoms with E-state index in [9.17, 15) is 8.42 Å². The molecule has 0 aliphatic carbocycles. The smallest absolute Gasteiger partial charge is 0.150 e. The van der Waals surface area contributed by atoms with Crippen molar-refractivity contribution in [2.45, 2.75) is 12.3 Å². The first-order valence-corrected chi connectivity index (χ1v) is 7.21. The van der Waals surface area contributed by atoms with Crippen LogP contribution in [-0.4, -0.2) is 24.9 Å². The average molecular weight is 291 g/mol. The number of nitrogens with two attached hydrogens (primary N) is 1. The van der Waals surface area contributed by atoms with E-state index in [1.54, 1.807) is 6.20 Å². The van der Waals surface area contributed by atoms with Gasteiger partial charge < -0.3 is 5.73 Å². The maximum atomic E-state index is 11.3. The minimum absolute atomic E-state index is 0.0689. The van der Waals surface area contributed by atoms with Crippen molar-refractivity contribution in [1.29, 1.82) is 0 Å². The molecule has 1 atom stereocenters. The molecule has 1 aliphatic heterocycles. The van der Waals surface area contributed by atoms with E-state index in [0.29, 0.717) is 12.2 Å². The fraction of sp³-hybridized carbons (Fsp3) is 0.444. The predicted octanol–water partition coefficient (Wildman–Crippen LogP) is 1.33. The summed E-state index contributed by atoms with van der Waals surface area (Å²) in [4.78, 5) is 4.01. The number of rotatable bonds is 1. The fourth-order valence-corrected chi connectivity index (χ4v) is 3.89. The Balaban J connectivity index is 2.28. The van der Waals surface area contributed by atoms with E-state index in [1.165, 1.54) is 0 Å². The summed E-state index contributed by atoms with van der Waals surface area (Å²) in [5.74, 6) is 1.00. The molecular weight excluding hydrogens is 280 g/mol. The van der Waals surface area contributed by atoms with Crippen molar-refractivity contribution in [2.75, 3.05) is 17.2 Å². The third-order valence-corrected chi connectivity index (χ3v) is 5.00. The maximum Gasteiger partial charge on any atom is 0.150 e. The number of hydrogen-bond acceptors (Lipinski definition) is 4. The lowest BCUT2D eigenvalue weighted by atomic mass is 10.0. The topological polar surface area (TPSA) is 73.0 Å². The van der Waals surface area contributed by atoms with Crippen molar-refractivity contribution in [1.82, 2.24) is 4.98 Å². The average Bonchev–Trinajstić information content (AvgIpc) is 2.51. The second-order valence-electron chi connectivity index (χ2n) is 3.74.